The first-order valence-corrected chi connectivity index (χ1v) is 7.37. The number of nitrogens with one attached hydrogen (secondary N) is 1. The van der Waals surface area contributed by atoms with Gasteiger partial charge in [0.25, 0.3) is 0 Å². The van der Waals surface area contributed by atoms with Gasteiger partial charge in [0, 0.05) is 22.4 Å². The monoisotopic (exact) mass is 328 g/mol. The van der Waals surface area contributed by atoms with Crippen molar-refractivity contribution >= 4 is 27.3 Å². The maximum absolute atomic E-state index is 13.8. The van der Waals surface area contributed by atoms with E-state index in [0.29, 0.717) is 23.2 Å². The molecular weight excluding hydrogens is 315 g/mol. The number of benzene rings is 1. The Balaban J connectivity index is 2.24. The number of hydrogen-bond donors (Lipinski definition) is 1. The van der Waals surface area contributed by atoms with Gasteiger partial charge < -0.3 is 5.32 Å². The van der Waals surface area contributed by atoms with Gasteiger partial charge in [-0.2, -0.15) is 0 Å². The minimum absolute atomic E-state index is 0.248. The summed E-state index contributed by atoms with van der Waals surface area (Å²) in [4.78, 5) is 4.46. The zero-order valence-electron chi connectivity index (χ0n) is 10.2. The maximum atomic E-state index is 13.8. The van der Waals surface area contributed by atoms with Gasteiger partial charge in [-0.15, -0.1) is 11.3 Å². The van der Waals surface area contributed by atoms with E-state index < -0.39 is 0 Å². The van der Waals surface area contributed by atoms with Gasteiger partial charge in [-0.05, 0) is 28.1 Å². The molecule has 0 unspecified atom stereocenters. The third kappa shape index (κ3) is 3.16. The normalized spacial score (nSPS) is 11.2. The number of thiazole rings is 1. The lowest BCUT2D eigenvalue weighted by molar-refractivity contribution is 0.583. The molecule has 5 heteroatoms. The van der Waals surface area contributed by atoms with Gasteiger partial charge in [-0.1, -0.05) is 19.9 Å². The molecule has 0 aliphatic rings. The van der Waals surface area contributed by atoms with Crippen molar-refractivity contribution in [1.29, 1.82) is 0 Å². The summed E-state index contributed by atoms with van der Waals surface area (Å²) >= 11 is 4.83. The van der Waals surface area contributed by atoms with E-state index in [1.54, 1.807) is 6.07 Å². The highest BCUT2D eigenvalue weighted by Crippen LogP contribution is 2.32. The first-order valence-electron chi connectivity index (χ1n) is 5.70. The van der Waals surface area contributed by atoms with Crippen LogP contribution in [0.1, 0.15) is 19.5 Å². The summed E-state index contributed by atoms with van der Waals surface area (Å²) in [6.45, 7) is 4.88. The third-order valence-corrected chi connectivity index (χ3v) is 3.99. The van der Waals surface area contributed by atoms with Gasteiger partial charge in [0.2, 0.25) is 0 Å². The molecule has 0 aliphatic carbocycles. The standard InChI is InChI=1S/C13H14BrFN2S/c1-8(2)16-6-9-7-18-13(17-9)12-10(14)4-3-5-11(12)15/h3-5,7-8,16H,6H2,1-2H3. The highest BCUT2D eigenvalue weighted by molar-refractivity contribution is 9.10. The van der Waals surface area contributed by atoms with Crippen LogP contribution in [0.2, 0.25) is 0 Å². The molecule has 0 radical (unpaired) electrons. The van der Waals surface area contributed by atoms with Crippen molar-refractivity contribution in [2.75, 3.05) is 0 Å². The number of halogens is 2. The average molecular weight is 329 g/mol. The molecule has 1 aromatic heterocycles. The molecule has 0 saturated heterocycles. The summed E-state index contributed by atoms with van der Waals surface area (Å²) in [5, 5.41) is 5.97. The third-order valence-electron chi connectivity index (χ3n) is 2.42. The SMILES string of the molecule is CC(C)NCc1csc(-c2c(F)cccc2Br)n1. The van der Waals surface area contributed by atoms with Crippen LogP contribution in [0, 0.1) is 5.82 Å². The van der Waals surface area contributed by atoms with E-state index in [-0.39, 0.29) is 5.82 Å². The van der Waals surface area contributed by atoms with Crippen LogP contribution in [-0.4, -0.2) is 11.0 Å². The van der Waals surface area contributed by atoms with Crippen molar-refractivity contribution in [1.82, 2.24) is 10.3 Å². The summed E-state index contributed by atoms with van der Waals surface area (Å²) in [6, 6.07) is 5.37. The summed E-state index contributed by atoms with van der Waals surface area (Å²) in [5.41, 5.74) is 1.48. The van der Waals surface area contributed by atoms with Crippen LogP contribution in [0.4, 0.5) is 4.39 Å². The fourth-order valence-corrected chi connectivity index (χ4v) is 3.05. The Kier molecular flexibility index (Phi) is 4.48. The Labute approximate surface area is 118 Å². The molecule has 0 aliphatic heterocycles. The number of hydrogen-bond acceptors (Lipinski definition) is 3. The second kappa shape index (κ2) is 5.91. The largest absolute Gasteiger partial charge is 0.309 e. The molecule has 0 bridgehead atoms. The van der Waals surface area contributed by atoms with Crippen molar-refractivity contribution in [3.05, 3.63) is 39.6 Å². The van der Waals surface area contributed by atoms with E-state index in [9.17, 15) is 4.39 Å². The Morgan fingerprint density at radius 1 is 1.44 bits per heavy atom. The minimum atomic E-state index is -0.248. The maximum Gasteiger partial charge on any atom is 0.134 e. The van der Waals surface area contributed by atoms with Crippen LogP contribution in [0.5, 0.6) is 0 Å². The summed E-state index contributed by atoms with van der Waals surface area (Å²) in [7, 11) is 0. The van der Waals surface area contributed by atoms with E-state index in [1.165, 1.54) is 17.4 Å². The van der Waals surface area contributed by atoms with E-state index in [0.717, 1.165) is 10.2 Å². The van der Waals surface area contributed by atoms with Crippen LogP contribution in [-0.2, 0) is 6.54 Å². The topological polar surface area (TPSA) is 24.9 Å². The molecule has 1 heterocycles. The van der Waals surface area contributed by atoms with Gasteiger partial charge in [0.15, 0.2) is 0 Å². The Bertz CT molecular complexity index is 519. The average Bonchev–Trinajstić information content (AvgIpc) is 2.75. The molecule has 0 spiro atoms. The van der Waals surface area contributed by atoms with Crippen LogP contribution in [0.25, 0.3) is 10.6 Å². The zero-order chi connectivity index (χ0) is 13.1. The molecule has 0 amide bonds. The van der Waals surface area contributed by atoms with Gasteiger partial charge in [-0.3, -0.25) is 0 Å². The summed E-state index contributed by atoms with van der Waals surface area (Å²) in [5.74, 6) is -0.248. The number of rotatable bonds is 4. The Morgan fingerprint density at radius 3 is 2.89 bits per heavy atom. The predicted octanol–water partition coefficient (Wildman–Crippen LogP) is 4.21. The van der Waals surface area contributed by atoms with E-state index in [2.05, 4.69) is 40.1 Å². The number of aromatic nitrogens is 1. The predicted molar refractivity (Wildman–Crippen MR) is 77.2 cm³/mol. The fourth-order valence-electron chi connectivity index (χ4n) is 1.51. The molecule has 18 heavy (non-hydrogen) atoms. The lowest BCUT2D eigenvalue weighted by Crippen LogP contribution is -2.21. The smallest absolute Gasteiger partial charge is 0.134 e. The Morgan fingerprint density at radius 2 is 2.22 bits per heavy atom. The summed E-state index contributed by atoms with van der Waals surface area (Å²) < 4.78 is 14.5. The molecule has 1 N–H and O–H groups in total. The molecule has 0 fully saturated rings. The molecule has 96 valence electrons. The molecule has 1 aromatic carbocycles. The van der Waals surface area contributed by atoms with Gasteiger partial charge in [0.05, 0.1) is 11.3 Å². The van der Waals surface area contributed by atoms with Crippen LogP contribution < -0.4 is 5.32 Å². The highest BCUT2D eigenvalue weighted by Gasteiger charge is 2.13. The van der Waals surface area contributed by atoms with Crippen LogP contribution in [0.3, 0.4) is 0 Å². The van der Waals surface area contributed by atoms with Crippen LogP contribution >= 0.6 is 27.3 Å². The van der Waals surface area contributed by atoms with Gasteiger partial charge >= 0.3 is 0 Å². The molecule has 2 rings (SSSR count). The lowest BCUT2D eigenvalue weighted by atomic mass is 10.2. The van der Waals surface area contributed by atoms with E-state index >= 15 is 0 Å². The minimum Gasteiger partial charge on any atom is -0.309 e. The van der Waals surface area contributed by atoms with E-state index in [4.69, 9.17) is 0 Å². The zero-order valence-corrected chi connectivity index (χ0v) is 12.6. The van der Waals surface area contributed by atoms with Crippen molar-refractivity contribution in [2.24, 2.45) is 0 Å². The summed E-state index contributed by atoms with van der Waals surface area (Å²) in [6.07, 6.45) is 0. The lowest BCUT2D eigenvalue weighted by Gasteiger charge is -2.05. The van der Waals surface area contributed by atoms with Crippen molar-refractivity contribution in [3.8, 4) is 10.6 Å². The van der Waals surface area contributed by atoms with Crippen molar-refractivity contribution in [3.63, 3.8) is 0 Å². The Hall–Kier alpha value is -0.780. The highest BCUT2D eigenvalue weighted by atomic mass is 79.9. The second-order valence-corrected chi connectivity index (χ2v) is 5.99. The van der Waals surface area contributed by atoms with Crippen molar-refractivity contribution < 1.29 is 4.39 Å². The first-order chi connectivity index (χ1) is 8.58. The molecular formula is C13H14BrFN2S. The quantitative estimate of drug-likeness (QED) is 0.909. The number of nitrogens with zero attached hydrogens (tertiary/aromatic N) is 1. The van der Waals surface area contributed by atoms with Gasteiger partial charge in [-0.25, -0.2) is 9.37 Å². The molecule has 0 atom stereocenters. The molecule has 2 aromatic rings. The molecule has 2 nitrogen and oxygen atoms in total. The van der Waals surface area contributed by atoms with Crippen molar-refractivity contribution in [2.45, 2.75) is 26.4 Å². The van der Waals surface area contributed by atoms with Crippen LogP contribution in [0.15, 0.2) is 28.1 Å². The van der Waals surface area contributed by atoms with E-state index in [1.807, 2.05) is 11.4 Å². The van der Waals surface area contributed by atoms with Gasteiger partial charge in [0.1, 0.15) is 10.8 Å². The second-order valence-electron chi connectivity index (χ2n) is 4.28. The molecule has 0 saturated carbocycles. The first kappa shape index (κ1) is 13.6. The fraction of sp³-hybridized carbons (Fsp3) is 0.308.